The third-order valence-corrected chi connectivity index (χ3v) is 5.44. The van der Waals surface area contributed by atoms with Gasteiger partial charge in [-0.25, -0.2) is 4.79 Å². The maximum absolute atomic E-state index is 13.6. The fourth-order valence-electron chi connectivity index (χ4n) is 4.03. The molecular formula is C18H20F3N3O3. The Morgan fingerprint density at radius 3 is 2.67 bits per heavy atom. The standard InChI is InChI=1S/C18H20F3N3O3/c1-23-6-4-10(5-7-23)8-24-9-11-2-3-12-13(15(11)22-24)14(18(19,20)21)16(27-12)17(25)26/h9-10H,2-8H2,1H3,(H,25,26). The van der Waals surface area contributed by atoms with Crippen LogP contribution in [-0.2, 0) is 25.6 Å². The molecule has 2 aliphatic rings. The van der Waals surface area contributed by atoms with E-state index < -0.39 is 23.5 Å². The summed E-state index contributed by atoms with van der Waals surface area (Å²) < 4.78 is 47.5. The van der Waals surface area contributed by atoms with Gasteiger partial charge in [0.25, 0.3) is 0 Å². The zero-order valence-corrected chi connectivity index (χ0v) is 14.8. The summed E-state index contributed by atoms with van der Waals surface area (Å²) in [7, 11) is 2.07. The van der Waals surface area contributed by atoms with Crippen molar-refractivity contribution in [3.63, 3.8) is 0 Å². The van der Waals surface area contributed by atoms with E-state index in [1.807, 2.05) is 0 Å². The van der Waals surface area contributed by atoms with Crippen molar-refractivity contribution in [2.45, 2.75) is 38.4 Å². The second-order valence-corrected chi connectivity index (χ2v) is 7.38. The Labute approximate surface area is 153 Å². The van der Waals surface area contributed by atoms with E-state index in [0.717, 1.165) is 25.9 Å². The van der Waals surface area contributed by atoms with Crippen LogP contribution in [0.25, 0.3) is 11.3 Å². The van der Waals surface area contributed by atoms with Crippen LogP contribution < -0.4 is 0 Å². The van der Waals surface area contributed by atoms with Crippen LogP contribution in [0.15, 0.2) is 10.6 Å². The van der Waals surface area contributed by atoms with E-state index in [4.69, 9.17) is 9.52 Å². The molecule has 2 aromatic rings. The second-order valence-electron chi connectivity index (χ2n) is 7.38. The number of likely N-dealkylation sites (tertiary alicyclic amines) is 1. The first kappa shape index (κ1) is 18.1. The first-order valence-electron chi connectivity index (χ1n) is 8.95. The van der Waals surface area contributed by atoms with Crippen molar-refractivity contribution in [1.82, 2.24) is 14.7 Å². The molecule has 0 aromatic carbocycles. The molecule has 6 nitrogen and oxygen atoms in total. The van der Waals surface area contributed by atoms with Gasteiger partial charge in [-0.2, -0.15) is 18.3 Å². The Morgan fingerprint density at radius 2 is 2.04 bits per heavy atom. The molecule has 0 radical (unpaired) electrons. The van der Waals surface area contributed by atoms with E-state index in [9.17, 15) is 18.0 Å². The molecule has 0 unspecified atom stereocenters. The summed E-state index contributed by atoms with van der Waals surface area (Å²) >= 11 is 0. The number of rotatable bonds is 3. The molecule has 1 saturated heterocycles. The van der Waals surface area contributed by atoms with Crippen molar-refractivity contribution in [3.05, 3.63) is 28.8 Å². The first-order chi connectivity index (χ1) is 12.7. The molecule has 146 valence electrons. The lowest BCUT2D eigenvalue weighted by molar-refractivity contribution is -0.138. The molecule has 0 amide bonds. The highest BCUT2D eigenvalue weighted by molar-refractivity contribution is 5.90. The Bertz CT molecular complexity index is 877. The van der Waals surface area contributed by atoms with Gasteiger partial charge < -0.3 is 14.4 Å². The number of carboxylic acids is 1. The van der Waals surface area contributed by atoms with Gasteiger partial charge in [-0.05, 0) is 50.9 Å². The Kier molecular flexibility index (Phi) is 4.29. The lowest BCUT2D eigenvalue weighted by Gasteiger charge is -2.28. The van der Waals surface area contributed by atoms with E-state index in [0.29, 0.717) is 24.4 Å². The molecule has 0 atom stereocenters. The fourth-order valence-corrected chi connectivity index (χ4v) is 4.03. The number of hydrogen-bond donors (Lipinski definition) is 1. The summed E-state index contributed by atoms with van der Waals surface area (Å²) in [5.41, 5.74) is -0.523. The Balaban J connectivity index is 1.71. The minimum atomic E-state index is -4.82. The van der Waals surface area contributed by atoms with Crippen molar-refractivity contribution >= 4 is 5.97 Å². The molecular weight excluding hydrogens is 363 g/mol. The predicted molar refractivity (Wildman–Crippen MR) is 89.5 cm³/mol. The minimum absolute atomic E-state index is 0.0526. The van der Waals surface area contributed by atoms with Crippen molar-refractivity contribution in [3.8, 4) is 11.3 Å². The Morgan fingerprint density at radius 1 is 1.33 bits per heavy atom. The van der Waals surface area contributed by atoms with Crippen molar-refractivity contribution in [2.24, 2.45) is 5.92 Å². The second kappa shape index (κ2) is 6.40. The highest BCUT2D eigenvalue weighted by atomic mass is 19.4. The highest BCUT2D eigenvalue weighted by Gasteiger charge is 2.45. The summed E-state index contributed by atoms with van der Waals surface area (Å²) in [6, 6.07) is 0. The molecule has 27 heavy (non-hydrogen) atoms. The fraction of sp³-hybridized carbons (Fsp3) is 0.556. The summed E-state index contributed by atoms with van der Waals surface area (Å²) in [5.74, 6) is -2.28. The minimum Gasteiger partial charge on any atom is -0.475 e. The molecule has 1 N–H and O–H groups in total. The van der Waals surface area contributed by atoms with E-state index in [-0.39, 0.29) is 23.4 Å². The van der Waals surface area contributed by atoms with Crippen LogP contribution in [0.3, 0.4) is 0 Å². The molecule has 1 aliphatic carbocycles. The zero-order chi connectivity index (χ0) is 19.3. The average molecular weight is 383 g/mol. The lowest BCUT2D eigenvalue weighted by atomic mass is 9.93. The molecule has 1 aliphatic heterocycles. The van der Waals surface area contributed by atoms with Gasteiger partial charge in [0.1, 0.15) is 11.3 Å². The van der Waals surface area contributed by atoms with Gasteiger partial charge in [0.15, 0.2) is 0 Å². The van der Waals surface area contributed by atoms with Crippen molar-refractivity contribution in [2.75, 3.05) is 20.1 Å². The Hall–Kier alpha value is -2.29. The smallest absolute Gasteiger partial charge is 0.421 e. The normalized spacial score (nSPS) is 18.4. The van der Waals surface area contributed by atoms with Gasteiger partial charge in [-0.1, -0.05) is 0 Å². The van der Waals surface area contributed by atoms with Crippen LogP contribution in [0.1, 0.15) is 40.3 Å². The number of nitrogens with zero attached hydrogens (tertiary/aromatic N) is 3. The summed E-state index contributed by atoms with van der Waals surface area (Å²) in [4.78, 5) is 13.5. The quantitative estimate of drug-likeness (QED) is 0.881. The number of furan rings is 1. The molecule has 0 bridgehead atoms. The number of fused-ring (bicyclic) bond motifs is 3. The molecule has 3 heterocycles. The topological polar surface area (TPSA) is 71.5 Å². The summed E-state index contributed by atoms with van der Waals surface area (Å²) in [6.07, 6.45) is -0.260. The van der Waals surface area contributed by atoms with Gasteiger partial charge in [0.05, 0.1) is 11.3 Å². The number of aryl methyl sites for hydroxylation is 2. The van der Waals surface area contributed by atoms with Gasteiger partial charge in [0, 0.05) is 19.2 Å². The van der Waals surface area contributed by atoms with E-state index in [2.05, 4.69) is 17.0 Å². The van der Waals surface area contributed by atoms with E-state index in [1.54, 1.807) is 10.9 Å². The SMILES string of the molecule is CN1CCC(Cn2cc3c(n2)-c2c(oc(C(=O)O)c2C(F)(F)F)CC3)CC1. The van der Waals surface area contributed by atoms with E-state index >= 15 is 0 Å². The van der Waals surface area contributed by atoms with Crippen LogP contribution in [0, 0.1) is 5.92 Å². The highest BCUT2D eigenvalue weighted by Crippen LogP contribution is 2.46. The van der Waals surface area contributed by atoms with Crippen LogP contribution >= 0.6 is 0 Å². The number of carboxylic acid groups (broad SMARTS) is 1. The number of hydrogen-bond acceptors (Lipinski definition) is 4. The maximum atomic E-state index is 13.6. The molecule has 2 aromatic heterocycles. The summed E-state index contributed by atoms with van der Waals surface area (Å²) in [6.45, 7) is 2.65. The van der Waals surface area contributed by atoms with Crippen molar-refractivity contribution < 1.29 is 27.5 Å². The first-order valence-corrected chi connectivity index (χ1v) is 8.95. The van der Waals surface area contributed by atoms with Gasteiger partial charge in [0.2, 0.25) is 5.76 Å². The maximum Gasteiger partial charge on any atom is 0.421 e. The number of piperidine rings is 1. The largest absolute Gasteiger partial charge is 0.475 e. The van der Waals surface area contributed by atoms with Crippen LogP contribution in [0.4, 0.5) is 13.2 Å². The zero-order valence-electron chi connectivity index (χ0n) is 14.8. The average Bonchev–Trinajstić information content (AvgIpc) is 3.16. The number of halogens is 3. The lowest BCUT2D eigenvalue weighted by Crippen LogP contribution is -2.32. The van der Waals surface area contributed by atoms with Crippen LogP contribution in [0.2, 0.25) is 0 Å². The predicted octanol–water partition coefficient (Wildman–Crippen LogP) is 3.30. The molecule has 4 rings (SSSR count). The molecule has 0 spiro atoms. The number of aromatic nitrogens is 2. The molecule has 1 fully saturated rings. The molecule has 0 saturated carbocycles. The number of aromatic carboxylic acids is 1. The van der Waals surface area contributed by atoms with Gasteiger partial charge in [-0.3, -0.25) is 4.68 Å². The van der Waals surface area contributed by atoms with Crippen LogP contribution in [-0.4, -0.2) is 45.9 Å². The molecule has 9 heteroatoms. The summed E-state index contributed by atoms with van der Waals surface area (Å²) in [5, 5.41) is 13.5. The van der Waals surface area contributed by atoms with E-state index in [1.165, 1.54) is 0 Å². The third kappa shape index (κ3) is 3.24. The van der Waals surface area contributed by atoms with Crippen LogP contribution in [0.5, 0.6) is 0 Å². The van der Waals surface area contributed by atoms with Crippen molar-refractivity contribution in [1.29, 1.82) is 0 Å². The third-order valence-electron chi connectivity index (χ3n) is 5.44. The monoisotopic (exact) mass is 383 g/mol. The number of alkyl halides is 3. The number of carbonyl (C=O) groups is 1. The van der Waals surface area contributed by atoms with Gasteiger partial charge in [-0.15, -0.1) is 0 Å². The van der Waals surface area contributed by atoms with Gasteiger partial charge >= 0.3 is 12.1 Å².